The number of nitro benzene ring substituents is 1. The summed E-state index contributed by atoms with van der Waals surface area (Å²) in [4.78, 5) is 24.6. The molecule has 2 aromatic rings. The fraction of sp³-hybridized carbons (Fsp3) is 0.286. The molecule has 0 bridgehead atoms. The third-order valence-corrected chi connectivity index (χ3v) is 5.80. The molecule has 1 atom stereocenters. The molecule has 7 heteroatoms. The number of hydrogen-bond donors (Lipinski definition) is 0. The number of hydrogen-bond acceptors (Lipinski definition) is 6. The standard InChI is InChI=1S/C21H20N2O5/c1-20(2)16-12-14(19(24)27-4)5-7-17(16)22(3)21(20)10-9-13-11-15(23(25)26)6-8-18(13)28-21/h5-12H,1-4H3. The van der Waals surface area contributed by atoms with Crippen molar-refractivity contribution in [1.29, 1.82) is 0 Å². The summed E-state index contributed by atoms with van der Waals surface area (Å²) in [5.41, 5.74) is 1.75. The minimum atomic E-state index is -0.826. The second kappa shape index (κ2) is 5.82. The number of anilines is 1. The number of rotatable bonds is 2. The molecule has 2 aliphatic rings. The Bertz CT molecular complexity index is 1040. The number of likely N-dealkylation sites (N-methyl/N-ethyl adjacent to an activating group) is 1. The van der Waals surface area contributed by atoms with E-state index < -0.39 is 16.1 Å². The van der Waals surface area contributed by atoms with Gasteiger partial charge in [-0.2, -0.15) is 0 Å². The average molecular weight is 380 g/mol. The van der Waals surface area contributed by atoms with E-state index in [-0.39, 0.29) is 11.7 Å². The first-order valence-corrected chi connectivity index (χ1v) is 8.84. The SMILES string of the molecule is COC(=O)c1ccc2c(c1)C(C)(C)C1(C=Cc3cc([N+](=O)[O-])ccc3O1)N2C. The molecular weight excluding hydrogens is 360 g/mol. The van der Waals surface area contributed by atoms with Gasteiger partial charge in [0.05, 0.1) is 23.0 Å². The van der Waals surface area contributed by atoms with Gasteiger partial charge in [-0.3, -0.25) is 10.1 Å². The maximum atomic E-state index is 12.0. The molecule has 2 heterocycles. The first-order valence-electron chi connectivity index (χ1n) is 8.84. The van der Waals surface area contributed by atoms with Gasteiger partial charge in [0.1, 0.15) is 5.75 Å². The monoisotopic (exact) mass is 380 g/mol. The number of benzene rings is 2. The molecule has 4 rings (SSSR count). The molecule has 0 amide bonds. The van der Waals surface area contributed by atoms with Gasteiger partial charge in [-0.05, 0) is 55.8 Å². The van der Waals surface area contributed by atoms with Gasteiger partial charge in [0, 0.05) is 30.4 Å². The van der Waals surface area contributed by atoms with E-state index in [9.17, 15) is 14.9 Å². The molecule has 0 fully saturated rings. The zero-order valence-electron chi connectivity index (χ0n) is 16.1. The van der Waals surface area contributed by atoms with Crippen LogP contribution in [0.25, 0.3) is 6.08 Å². The second-order valence-electron chi connectivity index (χ2n) is 7.52. The van der Waals surface area contributed by atoms with Crippen LogP contribution in [0.2, 0.25) is 0 Å². The number of fused-ring (bicyclic) bond motifs is 2. The minimum absolute atomic E-state index is 0.0213. The highest BCUT2D eigenvalue weighted by Crippen LogP contribution is 2.54. The number of methoxy groups -OCH3 is 1. The van der Waals surface area contributed by atoms with E-state index >= 15 is 0 Å². The fourth-order valence-corrected chi connectivity index (χ4v) is 4.16. The predicted octanol–water partition coefficient (Wildman–Crippen LogP) is 3.91. The summed E-state index contributed by atoms with van der Waals surface area (Å²) in [7, 11) is 3.30. The Hall–Kier alpha value is -3.35. The van der Waals surface area contributed by atoms with E-state index in [1.165, 1.54) is 19.2 Å². The van der Waals surface area contributed by atoms with Gasteiger partial charge in [0.25, 0.3) is 5.69 Å². The summed E-state index contributed by atoms with van der Waals surface area (Å²) in [6.45, 7) is 4.11. The maximum absolute atomic E-state index is 12.0. The van der Waals surface area contributed by atoms with Crippen molar-refractivity contribution in [1.82, 2.24) is 0 Å². The van der Waals surface area contributed by atoms with Gasteiger partial charge in [-0.15, -0.1) is 0 Å². The maximum Gasteiger partial charge on any atom is 0.337 e. The van der Waals surface area contributed by atoms with Crippen molar-refractivity contribution in [3.8, 4) is 5.75 Å². The van der Waals surface area contributed by atoms with E-state index in [0.717, 1.165) is 11.3 Å². The topological polar surface area (TPSA) is 81.9 Å². The molecule has 1 spiro atoms. The van der Waals surface area contributed by atoms with E-state index in [4.69, 9.17) is 9.47 Å². The van der Waals surface area contributed by atoms with Crippen LogP contribution in [0.15, 0.2) is 42.5 Å². The number of nitro groups is 1. The van der Waals surface area contributed by atoms with Crippen LogP contribution in [0.1, 0.15) is 35.3 Å². The molecule has 0 radical (unpaired) electrons. The van der Waals surface area contributed by atoms with E-state index in [0.29, 0.717) is 16.9 Å². The molecule has 0 N–H and O–H groups in total. The minimum Gasteiger partial charge on any atom is -0.465 e. The Kier molecular flexibility index (Phi) is 3.75. The summed E-state index contributed by atoms with van der Waals surface area (Å²) in [6, 6.07) is 10.0. The number of nitrogens with zero attached hydrogens (tertiary/aromatic N) is 2. The molecule has 144 valence electrons. The smallest absolute Gasteiger partial charge is 0.337 e. The largest absolute Gasteiger partial charge is 0.465 e. The van der Waals surface area contributed by atoms with Gasteiger partial charge in [-0.25, -0.2) is 4.79 Å². The number of carbonyl (C=O) groups is 1. The van der Waals surface area contributed by atoms with E-state index in [1.807, 2.05) is 36.2 Å². The summed E-state index contributed by atoms with van der Waals surface area (Å²) < 4.78 is 11.3. The van der Waals surface area contributed by atoms with Crippen LogP contribution in [0.4, 0.5) is 11.4 Å². The number of esters is 1. The Balaban J connectivity index is 1.81. The van der Waals surface area contributed by atoms with Crippen LogP contribution in [-0.4, -0.2) is 30.8 Å². The average Bonchev–Trinajstić information content (AvgIpc) is 2.85. The lowest BCUT2D eigenvalue weighted by molar-refractivity contribution is -0.384. The lowest BCUT2D eigenvalue weighted by atomic mass is 9.76. The molecule has 28 heavy (non-hydrogen) atoms. The highest BCUT2D eigenvalue weighted by molar-refractivity contribution is 5.91. The lowest BCUT2D eigenvalue weighted by Crippen LogP contribution is -2.58. The molecule has 0 saturated carbocycles. The summed E-state index contributed by atoms with van der Waals surface area (Å²) in [5, 5.41) is 11.0. The fourth-order valence-electron chi connectivity index (χ4n) is 4.16. The van der Waals surface area contributed by atoms with Crippen LogP contribution >= 0.6 is 0 Å². The molecule has 1 unspecified atom stereocenters. The Labute approximate surface area is 162 Å². The van der Waals surface area contributed by atoms with Gasteiger partial charge in [0.2, 0.25) is 5.72 Å². The Morgan fingerprint density at radius 3 is 2.64 bits per heavy atom. The van der Waals surface area contributed by atoms with Crippen LogP contribution in [0.3, 0.4) is 0 Å². The highest BCUT2D eigenvalue weighted by Gasteiger charge is 2.57. The van der Waals surface area contributed by atoms with E-state index in [1.54, 1.807) is 12.1 Å². The first-order chi connectivity index (χ1) is 13.2. The number of ether oxygens (including phenoxy) is 2. The second-order valence-corrected chi connectivity index (χ2v) is 7.52. The van der Waals surface area contributed by atoms with Crippen LogP contribution < -0.4 is 9.64 Å². The van der Waals surface area contributed by atoms with Gasteiger partial charge in [-0.1, -0.05) is 0 Å². The van der Waals surface area contributed by atoms with Crippen molar-refractivity contribution in [2.24, 2.45) is 0 Å². The summed E-state index contributed by atoms with van der Waals surface area (Å²) >= 11 is 0. The van der Waals surface area contributed by atoms with Crippen molar-refractivity contribution < 1.29 is 19.2 Å². The van der Waals surface area contributed by atoms with Crippen molar-refractivity contribution in [3.63, 3.8) is 0 Å². The zero-order chi connectivity index (χ0) is 20.3. The lowest BCUT2D eigenvalue weighted by Gasteiger charge is -2.45. The molecule has 2 aromatic carbocycles. The van der Waals surface area contributed by atoms with Crippen molar-refractivity contribution in [3.05, 3.63) is 69.3 Å². The molecule has 0 aliphatic carbocycles. The highest BCUT2D eigenvalue weighted by atomic mass is 16.6. The van der Waals surface area contributed by atoms with Crippen LogP contribution in [0.5, 0.6) is 5.75 Å². The zero-order valence-corrected chi connectivity index (χ0v) is 16.1. The molecular formula is C21H20N2O5. The first kappa shape index (κ1) is 18.0. The van der Waals surface area contributed by atoms with Crippen molar-refractivity contribution >= 4 is 23.4 Å². The molecule has 0 aromatic heterocycles. The summed E-state index contributed by atoms with van der Waals surface area (Å²) in [5.74, 6) is 0.189. The molecule has 2 aliphatic heterocycles. The third-order valence-electron chi connectivity index (χ3n) is 5.80. The van der Waals surface area contributed by atoms with Crippen molar-refractivity contribution in [2.75, 3.05) is 19.1 Å². The molecule has 7 nitrogen and oxygen atoms in total. The predicted molar refractivity (Wildman–Crippen MR) is 105 cm³/mol. The van der Waals surface area contributed by atoms with Gasteiger partial charge in [0.15, 0.2) is 0 Å². The van der Waals surface area contributed by atoms with Crippen molar-refractivity contribution in [2.45, 2.75) is 25.0 Å². The normalized spacial score (nSPS) is 21.1. The van der Waals surface area contributed by atoms with Gasteiger partial charge < -0.3 is 14.4 Å². The number of non-ortho nitro benzene ring substituents is 1. The Morgan fingerprint density at radius 2 is 1.96 bits per heavy atom. The quantitative estimate of drug-likeness (QED) is 0.446. The molecule has 0 saturated heterocycles. The third kappa shape index (κ3) is 2.25. The van der Waals surface area contributed by atoms with Crippen LogP contribution in [-0.2, 0) is 10.2 Å². The van der Waals surface area contributed by atoms with E-state index in [2.05, 4.69) is 13.8 Å². The van der Waals surface area contributed by atoms with Crippen LogP contribution in [0, 0.1) is 10.1 Å². The van der Waals surface area contributed by atoms with Gasteiger partial charge >= 0.3 is 5.97 Å². The Morgan fingerprint density at radius 1 is 1.21 bits per heavy atom. The number of carbonyl (C=O) groups excluding carboxylic acids is 1. The summed E-state index contributed by atoms with van der Waals surface area (Å²) in [6.07, 6.45) is 3.79.